The number of hydrogen-bond donors (Lipinski definition) is 0. The molecule has 0 saturated heterocycles. The van der Waals surface area contributed by atoms with Crippen molar-refractivity contribution in [1.82, 2.24) is 0 Å². The molecule has 1 aromatic carbocycles. The number of unbranched alkanes of at least 4 members (excludes halogenated alkanes) is 1. The van der Waals surface area contributed by atoms with E-state index in [1.165, 1.54) is 0 Å². The fourth-order valence-electron chi connectivity index (χ4n) is 2.42. The highest BCUT2D eigenvalue weighted by atomic mass is 16.6. The molecule has 10 heteroatoms. The lowest BCUT2D eigenvalue weighted by atomic mass is 10.1. The molecule has 0 aliphatic rings. The highest BCUT2D eigenvalue weighted by molar-refractivity contribution is 5.73. The summed E-state index contributed by atoms with van der Waals surface area (Å²) in [6.45, 7) is 6.36. The number of ether oxygens (including phenoxy) is 6. The summed E-state index contributed by atoms with van der Waals surface area (Å²) in [5.74, 6) is 0.328. The van der Waals surface area contributed by atoms with Gasteiger partial charge in [-0.3, -0.25) is 4.79 Å². The lowest BCUT2D eigenvalue weighted by Crippen LogP contribution is -2.14. The summed E-state index contributed by atoms with van der Waals surface area (Å²) >= 11 is 0. The van der Waals surface area contributed by atoms with Gasteiger partial charge in [-0.1, -0.05) is 23.3 Å². The van der Waals surface area contributed by atoms with Crippen LogP contribution in [0.25, 0.3) is 10.4 Å². The van der Waals surface area contributed by atoms with Gasteiger partial charge in [0.05, 0.1) is 46.1 Å². The van der Waals surface area contributed by atoms with Gasteiger partial charge in [0.15, 0.2) is 0 Å². The zero-order valence-electron chi connectivity index (χ0n) is 18.2. The number of para-hydroxylation sites is 1. The number of nitrogens with zero attached hydrogens (tertiary/aromatic N) is 3. The second-order valence-electron chi connectivity index (χ2n) is 6.25. The van der Waals surface area contributed by atoms with Gasteiger partial charge in [-0.25, -0.2) is 0 Å². The van der Waals surface area contributed by atoms with E-state index in [1.807, 2.05) is 31.2 Å². The van der Waals surface area contributed by atoms with Crippen LogP contribution in [0, 0.1) is 0 Å². The SMILES string of the molecule is CCOCCOCCOCCOc1ccccc1CC(=O)OCCCCOCN=[N+]=[N-]. The Balaban J connectivity index is 2.14. The number of azide groups is 1. The van der Waals surface area contributed by atoms with Crippen molar-refractivity contribution in [3.63, 3.8) is 0 Å². The molecule has 0 atom stereocenters. The molecule has 0 heterocycles. The second kappa shape index (κ2) is 19.6. The Morgan fingerprint density at radius 2 is 1.58 bits per heavy atom. The summed E-state index contributed by atoms with van der Waals surface area (Å²) in [7, 11) is 0. The molecule has 0 amide bonds. The van der Waals surface area contributed by atoms with Gasteiger partial charge in [-0.05, 0) is 31.4 Å². The van der Waals surface area contributed by atoms with Crippen molar-refractivity contribution in [2.45, 2.75) is 26.2 Å². The minimum Gasteiger partial charge on any atom is -0.491 e. The van der Waals surface area contributed by atoms with Crippen molar-refractivity contribution in [3.8, 4) is 5.75 Å². The molecular weight excluding hydrogens is 406 g/mol. The van der Waals surface area contributed by atoms with Crippen molar-refractivity contribution in [3.05, 3.63) is 40.3 Å². The molecule has 174 valence electrons. The molecule has 0 aromatic heterocycles. The van der Waals surface area contributed by atoms with E-state index >= 15 is 0 Å². The fraction of sp³-hybridized carbons (Fsp3) is 0.667. The zero-order chi connectivity index (χ0) is 22.4. The number of hydrogen-bond acceptors (Lipinski definition) is 8. The average Bonchev–Trinajstić information content (AvgIpc) is 2.78. The summed E-state index contributed by atoms with van der Waals surface area (Å²) in [6.07, 6.45) is 1.52. The highest BCUT2D eigenvalue weighted by Gasteiger charge is 2.10. The molecule has 0 unspecified atom stereocenters. The van der Waals surface area contributed by atoms with Crippen LogP contribution in [0.2, 0.25) is 0 Å². The van der Waals surface area contributed by atoms with Crippen molar-refractivity contribution < 1.29 is 33.2 Å². The monoisotopic (exact) mass is 439 g/mol. The van der Waals surface area contributed by atoms with Gasteiger partial charge >= 0.3 is 5.97 Å². The Bertz CT molecular complexity index is 639. The molecule has 0 aliphatic heterocycles. The van der Waals surface area contributed by atoms with E-state index in [0.717, 1.165) is 5.56 Å². The summed E-state index contributed by atoms with van der Waals surface area (Å²) in [5.41, 5.74) is 8.90. The summed E-state index contributed by atoms with van der Waals surface area (Å²) in [5, 5.41) is 3.27. The van der Waals surface area contributed by atoms with Crippen molar-refractivity contribution in [1.29, 1.82) is 0 Å². The van der Waals surface area contributed by atoms with Crippen LogP contribution in [0.3, 0.4) is 0 Å². The minimum absolute atomic E-state index is 0.0143. The van der Waals surface area contributed by atoms with Gasteiger partial charge < -0.3 is 28.4 Å². The first-order chi connectivity index (χ1) is 15.3. The Morgan fingerprint density at radius 1 is 0.903 bits per heavy atom. The van der Waals surface area contributed by atoms with Crippen LogP contribution in [0.5, 0.6) is 5.75 Å². The predicted molar refractivity (Wildman–Crippen MR) is 114 cm³/mol. The Kier molecular flexibility index (Phi) is 16.9. The van der Waals surface area contributed by atoms with E-state index in [0.29, 0.717) is 78.1 Å². The van der Waals surface area contributed by atoms with Gasteiger partial charge in [0.2, 0.25) is 0 Å². The Hall–Kier alpha value is -2.36. The quantitative estimate of drug-likeness (QED) is 0.100. The predicted octanol–water partition coefficient (Wildman–Crippen LogP) is 3.29. The van der Waals surface area contributed by atoms with Crippen molar-refractivity contribution in [2.75, 3.05) is 66.2 Å². The first kappa shape index (κ1) is 26.7. The zero-order valence-corrected chi connectivity index (χ0v) is 18.2. The minimum atomic E-state index is -0.313. The first-order valence-corrected chi connectivity index (χ1v) is 10.5. The third-order valence-corrected chi connectivity index (χ3v) is 3.90. The van der Waals surface area contributed by atoms with E-state index in [4.69, 9.17) is 34.0 Å². The molecule has 0 N–H and O–H groups in total. The maximum Gasteiger partial charge on any atom is 0.310 e. The van der Waals surface area contributed by atoms with Crippen molar-refractivity contribution in [2.24, 2.45) is 5.11 Å². The number of carbonyl (C=O) groups is 1. The molecule has 0 saturated carbocycles. The first-order valence-electron chi connectivity index (χ1n) is 10.5. The largest absolute Gasteiger partial charge is 0.491 e. The van der Waals surface area contributed by atoms with Gasteiger partial charge in [0, 0.05) is 23.7 Å². The maximum atomic E-state index is 12.1. The third kappa shape index (κ3) is 15.1. The van der Waals surface area contributed by atoms with Crippen LogP contribution in [0.15, 0.2) is 29.4 Å². The lowest BCUT2D eigenvalue weighted by Gasteiger charge is -2.12. The molecule has 0 bridgehead atoms. The van der Waals surface area contributed by atoms with E-state index in [-0.39, 0.29) is 19.1 Å². The summed E-state index contributed by atoms with van der Waals surface area (Å²) < 4.78 is 32.1. The molecule has 10 nitrogen and oxygen atoms in total. The smallest absolute Gasteiger partial charge is 0.310 e. The third-order valence-electron chi connectivity index (χ3n) is 3.90. The second-order valence-corrected chi connectivity index (χ2v) is 6.25. The molecule has 1 aromatic rings. The lowest BCUT2D eigenvalue weighted by molar-refractivity contribution is -0.143. The molecule has 1 rings (SSSR count). The maximum absolute atomic E-state index is 12.1. The van der Waals surface area contributed by atoms with Crippen LogP contribution in [-0.2, 0) is 34.9 Å². The Morgan fingerprint density at radius 3 is 2.32 bits per heavy atom. The fourth-order valence-corrected chi connectivity index (χ4v) is 2.42. The standard InChI is InChI=1S/C21H33N3O7/c1-2-26-11-12-27-13-14-28-15-16-30-20-8-4-3-7-19(20)17-21(25)31-10-6-5-9-29-18-23-24-22/h3-4,7-8H,2,5-6,9-18H2,1H3. The van der Waals surface area contributed by atoms with Crippen LogP contribution >= 0.6 is 0 Å². The number of esters is 1. The van der Waals surface area contributed by atoms with E-state index in [2.05, 4.69) is 10.0 Å². The van der Waals surface area contributed by atoms with E-state index < -0.39 is 0 Å². The average molecular weight is 440 g/mol. The van der Waals surface area contributed by atoms with Gasteiger partial charge in [-0.15, -0.1) is 0 Å². The van der Waals surface area contributed by atoms with E-state index in [1.54, 1.807) is 0 Å². The summed E-state index contributed by atoms with van der Waals surface area (Å²) in [4.78, 5) is 14.7. The normalized spacial score (nSPS) is 10.5. The molecule has 0 fully saturated rings. The summed E-state index contributed by atoms with van der Waals surface area (Å²) in [6, 6.07) is 7.37. The molecule has 0 spiro atoms. The number of benzene rings is 1. The Labute approximate surface area is 183 Å². The van der Waals surface area contributed by atoms with Crippen LogP contribution < -0.4 is 4.74 Å². The van der Waals surface area contributed by atoms with Gasteiger partial charge in [0.25, 0.3) is 0 Å². The molecule has 0 radical (unpaired) electrons. The number of carbonyl (C=O) groups excluding carboxylic acids is 1. The van der Waals surface area contributed by atoms with Crippen LogP contribution in [0.4, 0.5) is 0 Å². The van der Waals surface area contributed by atoms with Crippen molar-refractivity contribution >= 4 is 5.97 Å². The van der Waals surface area contributed by atoms with Gasteiger partial charge in [-0.2, -0.15) is 0 Å². The van der Waals surface area contributed by atoms with E-state index in [9.17, 15) is 4.79 Å². The highest BCUT2D eigenvalue weighted by Crippen LogP contribution is 2.19. The molecular formula is C21H33N3O7. The number of rotatable bonds is 20. The molecule has 31 heavy (non-hydrogen) atoms. The topological polar surface area (TPSA) is 121 Å². The molecule has 0 aliphatic carbocycles. The van der Waals surface area contributed by atoms with Crippen LogP contribution in [-0.4, -0.2) is 72.2 Å². The van der Waals surface area contributed by atoms with Gasteiger partial charge in [0.1, 0.15) is 19.1 Å². The van der Waals surface area contributed by atoms with Crippen LogP contribution in [0.1, 0.15) is 25.3 Å².